The van der Waals surface area contributed by atoms with Gasteiger partial charge in [-0.25, -0.2) is 4.79 Å². The first-order chi connectivity index (χ1) is 9.06. The highest BCUT2D eigenvalue weighted by Gasteiger charge is 2.18. The average Bonchev–Trinajstić information content (AvgIpc) is 2.69. The summed E-state index contributed by atoms with van der Waals surface area (Å²) >= 11 is 1.77. The van der Waals surface area contributed by atoms with Gasteiger partial charge in [0.05, 0.1) is 6.04 Å². The van der Waals surface area contributed by atoms with Crippen LogP contribution in [0, 0.1) is 13.8 Å². The van der Waals surface area contributed by atoms with E-state index >= 15 is 0 Å². The summed E-state index contributed by atoms with van der Waals surface area (Å²) in [6.45, 7) is 7.70. The van der Waals surface area contributed by atoms with Crippen molar-refractivity contribution in [3.05, 3.63) is 21.4 Å². The Labute approximate surface area is 118 Å². The molecule has 2 rings (SSSR count). The quantitative estimate of drug-likeness (QED) is 0.895. The molecule has 19 heavy (non-hydrogen) atoms. The van der Waals surface area contributed by atoms with Gasteiger partial charge in [0.25, 0.3) is 0 Å². The molecular formula is C14H22N2O2S. The van der Waals surface area contributed by atoms with Crippen molar-refractivity contribution in [3.8, 4) is 0 Å². The Balaban J connectivity index is 1.86. The van der Waals surface area contributed by atoms with Crippen molar-refractivity contribution in [3.63, 3.8) is 0 Å². The zero-order valence-corrected chi connectivity index (χ0v) is 12.6. The lowest BCUT2D eigenvalue weighted by atomic mass is 10.1. The Morgan fingerprint density at radius 1 is 1.42 bits per heavy atom. The van der Waals surface area contributed by atoms with Gasteiger partial charge in [-0.3, -0.25) is 0 Å². The number of nitrogens with one attached hydrogen (secondary N) is 2. The molecule has 1 saturated heterocycles. The Bertz CT molecular complexity index is 439. The number of rotatable bonds is 3. The number of carbonyl (C=O) groups excluding carboxylic acids is 1. The van der Waals surface area contributed by atoms with E-state index < -0.39 is 0 Å². The van der Waals surface area contributed by atoms with Crippen LogP contribution in [0.15, 0.2) is 6.07 Å². The van der Waals surface area contributed by atoms with E-state index in [1.807, 2.05) is 6.92 Å². The molecule has 1 aliphatic rings. The summed E-state index contributed by atoms with van der Waals surface area (Å²) in [5, 5.41) is 6.03. The first kappa shape index (κ1) is 14.3. The Hall–Kier alpha value is -1.07. The lowest BCUT2D eigenvalue weighted by Crippen LogP contribution is -2.45. The predicted octanol–water partition coefficient (Wildman–Crippen LogP) is 2.90. The van der Waals surface area contributed by atoms with Gasteiger partial charge in [-0.05, 0) is 45.2 Å². The van der Waals surface area contributed by atoms with Crippen molar-refractivity contribution in [2.45, 2.75) is 45.7 Å². The van der Waals surface area contributed by atoms with Crippen LogP contribution in [0.2, 0.25) is 0 Å². The molecule has 0 unspecified atom stereocenters. The molecular weight excluding hydrogens is 260 g/mol. The molecule has 0 aliphatic carbocycles. The average molecular weight is 282 g/mol. The van der Waals surface area contributed by atoms with Gasteiger partial charge in [-0.1, -0.05) is 0 Å². The van der Waals surface area contributed by atoms with Gasteiger partial charge in [0.2, 0.25) is 0 Å². The van der Waals surface area contributed by atoms with Crippen LogP contribution >= 0.6 is 11.3 Å². The standard InChI is InChI=1S/C14H22N2O2S/c1-9-8-13(11(3)19-9)10(2)15-14(17)16-12-4-6-18-7-5-12/h8,10,12H,4-7H2,1-3H3,(H2,15,16,17)/t10-/m1/s1. The summed E-state index contributed by atoms with van der Waals surface area (Å²) in [4.78, 5) is 14.5. The SMILES string of the molecule is Cc1cc([C@@H](C)NC(=O)NC2CCOCC2)c(C)s1. The molecule has 1 aromatic rings. The molecule has 0 saturated carbocycles. The molecule has 0 bridgehead atoms. The second-order valence-electron chi connectivity index (χ2n) is 5.09. The van der Waals surface area contributed by atoms with E-state index in [1.54, 1.807) is 11.3 Å². The van der Waals surface area contributed by atoms with Gasteiger partial charge < -0.3 is 15.4 Å². The number of hydrogen-bond donors (Lipinski definition) is 2. The van der Waals surface area contributed by atoms with Crippen molar-refractivity contribution < 1.29 is 9.53 Å². The van der Waals surface area contributed by atoms with Gasteiger partial charge in [0.15, 0.2) is 0 Å². The van der Waals surface area contributed by atoms with E-state index in [0.717, 1.165) is 26.1 Å². The maximum Gasteiger partial charge on any atom is 0.315 e. The highest BCUT2D eigenvalue weighted by atomic mass is 32.1. The molecule has 106 valence electrons. The van der Waals surface area contributed by atoms with Gasteiger partial charge in [-0.2, -0.15) is 0 Å². The molecule has 2 N–H and O–H groups in total. The molecule has 1 fully saturated rings. The number of aryl methyl sites for hydroxylation is 2. The lowest BCUT2D eigenvalue weighted by Gasteiger charge is -2.24. The second kappa shape index (κ2) is 6.39. The number of ether oxygens (including phenoxy) is 1. The van der Waals surface area contributed by atoms with Crippen LogP contribution in [0.4, 0.5) is 4.79 Å². The molecule has 1 aromatic heterocycles. The van der Waals surface area contributed by atoms with Crippen molar-refractivity contribution >= 4 is 17.4 Å². The minimum absolute atomic E-state index is 0.0461. The van der Waals surface area contributed by atoms with Gasteiger partial charge >= 0.3 is 6.03 Å². The van der Waals surface area contributed by atoms with Crippen LogP contribution in [0.1, 0.15) is 41.1 Å². The molecule has 0 radical (unpaired) electrons. The zero-order valence-electron chi connectivity index (χ0n) is 11.8. The Morgan fingerprint density at radius 3 is 2.68 bits per heavy atom. The molecule has 0 aromatic carbocycles. The summed E-state index contributed by atoms with van der Waals surface area (Å²) in [5.74, 6) is 0. The number of urea groups is 1. The van der Waals surface area contributed by atoms with Gasteiger partial charge in [0.1, 0.15) is 0 Å². The molecule has 5 heteroatoms. The lowest BCUT2D eigenvalue weighted by molar-refractivity contribution is 0.0800. The third-order valence-corrected chi connectivity index (χ3v) is 4.43. The monoisotopic (exact) mass is 282 g/mol. The van der Waals surface area contributed by atoms with Crippen LogP contribution in [-0.2, 0) is 4.74 Å². The normalized spacial score (nSPS) is 18.1. The predicted molar refractivity (Wildman–Crippen MR) is 77.7 cm³/mol. The van der Waals surface area contributed by atoms with Crippen LogP contribution < -0.4 is 10.6 Å². The van der Waals surface area contributed by atoms with Crippen LogP contribution in [0.5, 0.6) is 0 Å². The van der Waals surface area contributed by atoms with Gasteiger partial charge in [-0.15, -0.1) is 11.3 Å². The molecule has 1 atom stereocenters. The van der Waals surface area contributed by atoms with Crippen LogP contribution in [-0.4, -0.2) is 25.3 Å². The number of thiophene rings is 1. The van der Waals surface area contributed by atoms with Gasteiger partial charge in [0, 0.05) is 29.0 Å². The van der Waals surface area contributed by atoms with Crippen molar-refractivity contribution in [2.24, 2.45) is 0 Å². The molecule has 2 heterocycles. The summed E-state index contributed by atoms with van der Waals surface area (Å²) in [6, 6.07) is 2.36. The summed E-state index contributed by atoms with van der Waals surface area (Å²) in [5.41, 5.74) is 1.21. The number of carbonyl (C=O) groups is 1. The van der Waals surface area contributed by atoms with Crippen molar-refractivity contribution in [1.29, 1.82) is 0 Å². The molecule has 4 nitrogen and oxygen atoms in total. The highest BCUT2D eigenvalue weighted by Crippen LogP contribution is 2.26. The first-order valence-corrected chi connectivity index (χ1v) is 7.59. The maximum atomic E-state index is 12.0. The summed E-state index contributed by atoms with van der Waals surface area (Å²) in [7, 11) is 0. The topological polar surface area (TPSA) is 50.4 Å². The van der Waals surface area contributed by atoms with Crippen molar-refractivity contribution in [2.75, 3.05) is 13.2 Å². The smallest absolute Gasteiger partial charge is 0.315 e. The fourth-order valence-corrected chi connectivity index (χ4v) is 3.45. The van der Waals surface area contributed by atoms with E-state index in [-0.39, 0.29) is 18.1 Å². The maximum absolute atomic E-state index is 12.0. The van der Waals surface area contributed by atoms with E-state index in [1.165, 1.54) is 15.3 Å². The second-order valence-corrected chi connectivity index (χ2v) is 6.56. The van der Waals surface area contributed by atoms with E-state index in [9.17, 15) is 4.79 Å². The Morgan fingerprint density at radius 2 is 2.11 bits per heavy atom. The minimum atomic E-state index is -0.0809. The van der Waals surface area contributed by atoms with Crippen LogP contribution in [0.3, 0.4) is 0 Å². The fourth-order valence-electron chi connectivity index (χ4n) is 2.42. The first-order valence-electron chi connectivity index (χ1n) is 6.78. The van der Waals surface area contributed by atoms with Crippen LogP contribution in [0.25, 0.3) is 0 Å². The number of amides is 2. The third kappa shape index (κ3) is 3.94. The summed E-state index contributed by atoms with van der Waals surface area (Å²) < 4.78 is 5.28. The number of hydrogen-bond acceptors (Lipinski definition) is 3. The minimum Gasteiger partial charge on any atom is -0.381 e. The van der Waals surface area contributed by atoms with E-state index in [4.69, 9.17) is 4.74 Å². The van der Waals surface area contributed by atoms with Crippen molar-refractivity contribution in [1.82, 2.24) is 10.6 Å². The largest absolute Gasteiger partial charge is 0.381 e. The highest BCUT2D eigenvalue weighted by molar-refractivity contribution is 7.12. The van der Waals surface area contributed by atoms with E-state index in [2.05, 4.69) is 30.5 Å². The summed E-state index contributed by atoms with van der Waals surface area (Å²) in [6.07, 6.45) is 1.80. The molecule has 0 spiro atoms. The molecule has 1 aliphatic heterocycles. The fraction of sp³-hybridized carbons (Fsp3) is 0.643. The third-order valence-electron chi connectivity index (χ3n) is 3.45. The molecule has 2 amide bonds. The Kier molecular flexibility index (Phi) is 4.82. The van der Waals surface area contributed by atoms with E-state index in [0.29, 0.717) is 0 Å². The zero-order chi connectivity index (χ0) is 13.8.